The molecule has 0 saturated heterocycles. The van der Waals surface area contributed by atoms with Crippen molar-refractivity contribution in [3.63, 3.8) is 0 Å². The number of anilines is 3. The number of nitrogens with zero attached hydrogens (tertiary/aromatic N) is 3. The molecule has 0 unspecified atom stereocenters. The summed E-state index contributed by atoms with van der Waals surface area (Å²) in [7, 11) is 0. The predicted molar refractivity (Wildman–Crippen MR) is 90.4 cm³/mol. The van der Waals surface area contributed by atoms with Crippen LogP contribution in [-0.4, -0.2) is 21.0 Å². The number of benzene rings is 1. The van der Waals surface area contributed by atoms with Crippen molar-refractivity contribution in [3.8, 4) is 0 Å². The van der Waals surface area contributed by atoms with Gasteiger partial charge in [0.05, 0.1) is 5.56 Å². The minimum atomic E-state index is -0.253. The first-order chi connectivity index (χ1) is 11.5. The number of nitrogens with one attached hydrogen (secondary N) is 2. The van der Waals surface area contributed by atoms with Crippen molar-refractivity contribution < 1.29 is 9.32 Å². The molecule has 0 saturated carbocycles. The number of carbonyl (C=O) groups excluding carboxylic acids is 1. The standard InChI is InChI=1S/C17H17N5O2/c1-10-5-4-6-11(2)15(10)21-16(23)13-8-18-17(19-9-13)20-14-7-12(3)24-22-14/h4-9H,1-3H3,(H,21,23)(H,18,19,20,22). The maximum Gasteiger partial charge on any atom is 0.258 e. The van der Waals surface area contributed by atoms with Gasteiger partial charge in [0.25, 0.3) is 5.91 Å². The van der Waals surface area contributed by atoms with Gasteiger partial charge in [0.1, 0.15) is 5.76 Å². The van der Waals surface area contributed by atoms with Crippen LogP contribution in [0.2, 0.25) is 0 Å². The number of amides is 1. The first-order valence-electron chi connectivity index (χ1n) is 7.43. The first-order valence-corrected chi connectivity index (χ1v) is 7.43. The highest BCUT2D eigenvalue weighted by molar-refractivity contribution is 6.04. The van der Waals surface area contributed by atoms with Gasteiger partial charge in [-0.2, -0.15) is 0 Å². The number of para-hydroxylation sites is 1. The SMILES string of the molecule is Cc1cc(Nc2ncc(C(=O)Nc3c(C)cccc3C)cn2)no1. The van der Waals surface area contributed by atoms with Crippen LogP contribution in [0, 0.1) is 20.8 Å². The van der Waals surface area contributed by atoms with E-state index in [2.05, 4.69) is 25.8 Å². The zero-order chi connectivity index (χ0) is 17.1. The summed E-state index contributed by atoms with van der Waals surface area (Å²) in [5.74, 6) is 1.28. The fraction of sp³-hybridized carbons (Fsp3) is 0.176. The smallest absolute Gasteiger partial charge is 0.258 e. The van der Waals surface area contributed by atoms with Crippen LogP contribution in [0.4, 0.5) is 17.5 Å². The Kier molecular flexibility index (Phi) is 4.24. The molecule has 1 amide bonds. The van der Waals surface area contributed by atoms with Crippen molar-refractivity contribution in [3.05, 3.63) is 59.1 Å². The monoisotopic (exact) mass is 323 g/mol. The Labute approximate surface area is 139 Å². The number of aryl methyl sites for hydroxylation is 3. The quantitative estimate of drug-likeness (QED) is 0.764. The van der Waals surface area contributed by atoms with Gasteiger partial charge in [0, 0.05) is 24.1 Å². The summed E-state index contributed by atoms with van der Waals surface area (Å²) in [5, 5.41) is 9.60. The van der Waals surface area contributed by atoms with E-state index >= 15 is 0 Å². The van der Waals surface area contributed by atoms with Crippen molar-refractivity contribution in [2.45, 2.75) is 20.8 Å². The molecule has 0 aliphatic rings. The van der Waals surface area contributed by atoms with Gasteiger partial charge in [-0.15, -0.1) is 0 Å². The molecule has 7 heteroatoms. The molecule has 0 atom stereocenters. The van der Waals surface area contributed by atoms with Gasteiger partial charge in [-0.25, -0.2) is 9.97 Å². The van der Waals surface area contributed by atoms with Crippen molar-refractivity contribution in [2.24, 2.45) is 0 Å². The topological polar surface area (TPSA) is 92.9 Å². The van der Waals surface area contributed by atoms with Crippen LogP contribution in [-0.2, 0) is 0 Å². The van der Waals surface area contributed by atoms with E-state index in [1.807, 2.05) is 32.0 Å². The molecule has 1 aromatic carbocycles. The highest BCUT2D eigenvalue weighted by Crippen LogP contribution is 2.20. The summed E-state index contributed by atoms with van der Waals surface area (Å²) in [6.07, 6.45) is 2.93. The van der Waals surface area contributed by atoms with E-state index in [1.165, 1.54) is 12.4 Å². The molecule has 3 aromatic rings. The van der Waals surface area contributed by atoms with E-state index in [1.54, 1.807) is 13.0 Å². The van der Waals surface area contributed by atoms with E-state index < -0.39 is 0 Å². The molecule has 2 heterocycles. The number of aromatic nitrogens is 3. The molecule has 0 radical (unpaired) electrons. The van der Waals surface area contributed by atoms with Crippen LogP contribution in [0.5, 0.6) is 0 Å². The Hall–Kier alpha value is -3.22. The summed E-state index contributed by atoms with van der Waals surface area (Å²) in [4.78, 5) is 20.6. The second kappa shape index (κ2) is 6.49. The molecule has 0 aliphatic carbocycles. The molecule has 0 bridgehead atoms. The molecule has 7 nitrogen and oxygen atoms in total. The summed E-state index contributed by atoms with van der Waals surface area (Å²) >= 11 is 0. The maximum absolute atomic E-state index is 12.4. The summed E-state index contributed by atoms with van der Waals surface area (Å²) < 4.78 is 4.96. The molecule has 122 valence electrons. The molecular weight excluding hydrogens is 306 g/mol. The van der Waals surface area contributed by atoms with Crippen molar-refractivity contribution in [1.29, 1.82) is 0 Å². The zero-order valence-electron chi connectivity index (χ0n) is 13.6. The molecule has 0 spiro atoms. The van der Waals surface area contributed by atoms with Crippen LogP contribution in [0.1, 0.15) is 27.2 Å². The summed E-state index contributed by atoms with van der Waals surface area (Å²) in [5.41, 5.74) is 3.19. The largest absolute Gasteiger partial charge is 0.360 e. The van der Waals surface area contributed by atoms with Crippen LogP contribution >= 0.6 is 0 Å². The van der Waals surface area contributed by atoms with Crippen LogP contribution in [0.25, 0.3) is 0 Å². The maximum atomic E-state index is 12.4. The third kappa shape index (κ3) is 3.40. The van der Waals surface area contributed by atoms with Crippen molar-refractivity contribution in [2.75, 3.05) is 10.6 Å². The molecule has 24 heavy (non-hydrogen) atoms. The lowest BCUT2D eigenvalue weighted by Gasteiger charge is -2.11. The van der Waals surface area contributed by atoms with E-state index in [-0.39, 0.29) is 5.91 Å². The van der Waals surface area contributed by atoms with Gasteiger partial charge in [0.2, 0.25) is 5.95 Å². The molecule has 2 aromatic heterocycles. The second-order valence-electron chi connectivity index (χ2n) is 5.46. The van der Waals surface area contributed by atoms with Gasteiger partial charge in [-0.3, -0.25) is 4.79 Å². The molecule has 0 fully saturated rings. The van der Waals surface area contributed by atoms with E-state index in [9.17, 15) is 4.79 Å². The molecular formula is C17H17N5O2. The lowest BCUT2D eigenvalue weighted by molar-refractivity contribution is 0.102. The Morgan fingerprint density at radius 2 is 1.75 bits per heavy atom. The minimum absolute atomic E-state index is 0.253. The van der Waals surface area contributed by atoms with Crippen molar-refractivity contribution >= 4 is 23.4 Å². The van der Waals surface area contributed by atoms with Gasteiger partial charge < -0.3 is 15.2 Å². The normalized spacial score (nSPS) is 10.5. The van der Waals surface area contributed by atoms with E-state index in [4.69, 9.17) is 4.52 Å². The van der Waals surface area contributed by atoms with Gasteiger partial charge in [-0.05, 0) is 31.9 Å². The Morgan fingerprint density at radius 1 is 1.08 bits per heavy atom. The van der Waals surface area contributed by atoms with Gasteiger partial charge in [0.15, 0.2) is 5.82 Å². The Balaban J connectivity index is 1.72. The lowest BCUT2D eigenvalue weighted by Crippen LogP contribution is -2.14. The highest BCUT2D eigenvalue weighted by atomic mass is 16.5. The van der Waals surface area contributed by atoms with Gasteiger partial charge in [-0.1, -0.05) is 23.4 Å². The Morgan fingerprint density at radius 3 is 2.33 bits per heavy atom. The van der Waals surface area contributed by atoms with E-state index in [0.717, 1.165) is 16.8 Å². The summed E-state index contributed by atoms with van der Waals surface area (Å²) in [6, 6.07) is 7.58. The highest BCUT2D eigenvalue weighted by Gasteiger charge is 2.11. The number of rotatable bonds is 4. The van der Waals surface area contributed by atoms with Crippen LogP contribution in [0.15, 0.2) is 41.2 Å². The molecule has 0 aliphatic heterocycles. The zero-order valence-corrected chi connectivity index (χ0v) is 13.6. The lowest BCUT2D eigenvalue weighted by atomic mass is 10.1. The average Bonchev–Trinajstić information content (AvgIpc) is 2.96. The predicted octanol–water partition coefficient (Wildman–Crippen LogP) is 3.39. The number of carbonyl (C=O) groups is 1. The number of hydrogen-bond acceptors (Lipinski definition) is 6. The fourth-order valence-corrected chi connectivity index (χ4v) is 2.25. The average molecular weight is 323 g/mol. The number of hydrogen-bond donors (Lipinski definition) is 2. The minimum Gasteiger partial charge on any atom is -0.360 e. The first kappa shape index (κ1) is 15.7. The van der Waals surface area contributed by atoms with Crippen molar-refractivity contribution in [1.82, 2.24) is 15.1 Å². The van der Waals surface area contributed by atoms with Crippen LogP contribution in [0.3, 0.4) is 0 Å². The summed E-state index contributed by atoms with van der Waals surface area (Å²) in [6.45, 7) is 5.69. The van der Waals surface area contributed by atoms with Gasteiger partial charge >= 0.3 is 0 Å². The third-order valence-corrected chi connectivity index (χ3v) is 3.50. The van der Waals surface area contributed by atoms with Crippen LogP contribution < -0.4 is 10.6 Å². The molecule has 3 rings (SSSR count). The molecule has 2 N–H and O–H groups in total. The third-order valence-electron chi connectivity index (χ3n) is 3.50. The Bertz CT molecular complexity index is 851. The second-order valence-corrected chi connectivity index (χ2v) is 5.46. The fourth-order valence-electron chi connectivity index (χ4n) is 2.25. The van der Waals surface area contributed by atoms with E-state index in [0.29, 0.717) is 23.1 Å².